The Morgan fingerprint density at radius 1 is 1.26 bits per heavy atom. The second-order valence-corrected chi connectivity index (χ2v) is 5.40. The largest absolute Gasteiger partial charge is 0.394 e. The van der Waals surface area contributed by atoms with Crippen LogP contribution in [0.5, 0.6) is 0 Å². The van der Waals surface area contributed by atoms with Crippen LogP contribution in [0.4, 0.5) is 0 Å². The lowest BCUT2D eigenvalue weighted by Gasteiger charge is -2.20. The van der Waals surface area contributed by atoms with Gasteiger partial charge in [-0.3, -0.25) is 4.79 Å². The number of benzene rings is 1. The molecule has 0 heterocycles. The number of carbonyl (C=O) groups is 1. The highest BCUT2D eigenvalue weighted by Crippen LogP contribution is 2.11. The molecule has 3 N–H and O–H groups in total. The molecular weight excluding hydrogens is 240 g/mol. The van der Waals surface area contributed by atoms with E-state index >= 15 is 0 Å². The van der Waals surface area contributed by atoms with Crippen LogP contribution in [0.1, 0.15) is 25.0 Å². The van der Waals surface area contributed by atoms with Gasteiger partial charge in [0.15, 0.2) is 0 Å². The van der Waals surface area contributed by atoms with Gasteiger partial charge in [0.2, 0.25) is 5.91 Å². The number of rotatable bonds is 6. The standard InChI is InChI=1S/C15H24N2O2/c1-11(2)8-12-4-6-13(7-5-12)9-17(3)15(19)14(16)10-18/h4-7,11,14,18H,8-10,16H2,1-3H3. The number of aliphatic hydroxyl groups excluding tert-OH is 1. The van der Waals surface area contributed by atoms with E-state index in [1.165, 1.54) is 5.56 Å². The van der Waals surface area contributed by atoms with Gasteiger partial charge < -0.3 is 15.7 Å². The van der Waals surface area contributed by atoms with Crippen LogP contribution in [-0.2, 0) is 17.8 Å². The third kappa shape index (κ3) is 5.01. The number of nitrogens with zero attached hydrogens (tertiary/aromatic N) is 1. The molecule has 0 fully saturated rings. The third-order valence-electron chi connectivity index (χ3n) is 2.98. The van der Waals surface area contributed by atoms with Crippen LogP contribution in [0, 0.1) is 5.92 Å². The highest BCUT2D eigenvalue weighted by molar-refractivity contribution is 5.81. The van der Waals surface area contributed by atoms with Crippen LogP contribution >= 0.6 is 0 Å². The molecule has 1 amide bonds. The SMILES string of the molecule is CC(C)Cc1ccc(CN(C)C(=O)C(N)CO)cc1. The van der Waals surface area contributed by atoms with Crippen LogP contribution in [0.25, 0.3) is 0 Å². The number of nitrogens with two attached hydrogens (primary N) is 1. The van der Waals surface area contributed by atoms with E-state index in [0.29, 0.717) is 12.5 Å². The van der Waals surface area contributed by atoms with Crippen LogP contribution < -0.4 is 5.73 Å². The molecule has 19 heavy (non-hydrogen) atoms. The molecule has 1 atom stereocenters. The summed E-state index contributed by atoms with van der Waals surface area (Å²) in [6, 6.07) is 7.43. The molecule has 0 aromatic heterocycles. The number of amides is 1. The molecule has 1 unspecified atom stereocenters. The summed E-state index contributed by atoms with van der Waals surface area (Å²) >= 11 is 0. The summed E-state index contributed by atoms with van der Waals surface area (Å²) in [5, 5.41) is 8.87. The molecule has 0 aliphatic heterocycles. The van der Waals surface area contributed by atoms with E-state index in [-0.39, 0.29) is 12.5 Å². The predicted molar refractivity (Wildman–Crippen MR) is 76.5 cm³/mol. The van der Waals surface area contributed by atoms with Crippen LogP contribution in [0.2, 0.25) is 0 Å². The second kappa shape index (κ2) is 7.26. The molecule has 0 aliphatic rings. The zero-order chi connectivity index (χ0) is 14.4. The highest BCUT2D eigenvalue weighted by Gasteiger charge is 2.16. The molecule has 1 aromatic rings. The molecule has 0 radical (unpaired) electrons. The zero-order valence-electron chi connectivity index (χ0n) is 12.0. The lowest BCUT2D eigenvalue weighted by Crippen LogP contribution is -2.43. The van der Waals surface area contributed by atoms with Crippen molar-refractivity contribution in [3.8, 4) is 0 Å². The van der Waals surface area contributed by atoms with Gasteiger partial charge in [-0.1, -0.05) is 38.1 Å². The van der Waals surface area contributed by atoms with Gasteiger partial charge in [0, 0.05) is 13.6 Å². The number of aliphatic hydroxyl groups is 1. The maximum absolute atomic E-state index is 11.7. The lowest BCUT2D eigenvalue weighted by molar-refractivity contribution is -0.132. The van der Waals surface area contributed by atoms with Gasteiger partial charge in [-0.25, -0.2) is 0 Å². The molecule has 106 valence electrons. The van der Waals surface area contributed by atoms with Crippen molar-refractivity contribution in [2.75, 3.05) is 13.7 Å². The van der Waals surface area contributed by atoms with E-state index in [1.807, 2.05) is 12.1 Å². The van der Waals surface area contributed by atoms with Crippen LogP contribution in [-0.4, -0.2) is 35.6 Å². The summed E-state index contributed by atoms with van der Waals surface area (Å²) < 4.78 is 0. The topological polar surface area (TPSA) is 66.6 Å². The first kappa shape index (κ1) is 15.7. The molecule has 1 aromatic carbocycles. The average Bonchev–Trinajstić information content (AvgIpc) is 2.38. The number of hydrogen-bond donors (Lipinski definition) is 2. The first-order valence-corrected chi connectivity index (χ1v) is 6.63. The summed E-state index contributed by atoms with van der Waals surface area (Å²) in [6.07, 6.45) is 1.06. The van der Waals surface area contributed by atoms with E-state index in [9.17, 15) is 4.79 Å². The van der Waals surface area contributed by atoms with Crippen molar-refractivity contribution < 1.29 is 9.90 Å². The number of hydrogen-bond acceptors (Lipinski definition) is 3. The molecule has 0 saturated carbocycles. The van der Waals surface area contributed by atoms with Crippen molar-refractivity contribution >= 4 is 5.91 Å². The highest BCUT2D eigenvalue weighted by atomic mass is 16.3. The monoisotopic (exact) mass is 264 g/mol. The van der Waals surface area contributed by atoms with Crippen molar-refractivity contribution in [1.29, 1.82) is 0 Å². The minimum atomic E-state index is -0.829. The minimum Gasteiger partial charge on any atom is -0.394 e. The Bertz CT molecular complexity index is 401. The zero-order valence-corrected chi connectivity index (χ0v) is 12.0. The van der Waals surface area contributed by atoms with Crippen molar-refractivity contribution in [2.45, 2.75) is 32.9 Å². The Balaban J connectivity index is 2.60. The van der Waals surface area contributed by atoms with E-state index in [4.69, 9.17) is 10.8 Å². The maximum atomic E-state index is 11.7. The molecule has 1 rings (SSSR count). The van der Waals surface area contributed by atoms with Crippen LogP contribution in [0.15, 0.2) is 24.3 Å². The minimum absolute atomic E-state index is 0.242. The summed E-state index contributed by atoms with van der Waals surface area (Å²) in [6.45, 7) is 4.57. The molecule has 4 nitrogen and oxygen atoms in total. The Morgan fingerprint density at radius 3 is 2.26 bits per heavy atom. The van der Waals surface area contributed by atoms with Gasteiger partial charge in [-0.15, -0.1) is 0 Å². The van der Waals surface area contributed by atoms with Gasteiger partial charge in [0.05, 0.1) is 6.61 Å². The maximum Gasteiger partial charge on any atom is 0.241 e. The quantitative estimate of drug-likeness (QED) is 0.810. The Hall–Kier alpha value is -1.39. The Kier molecular flexibility index (Phi) is 5.99. The van der Waals surface area contributed by atoms with Gasteiger partial charge in [0.1, 0.15) is 6.04 Å². The van der Waals surface area contributed by atoms with Crippen molar-refractivity contribution in [1.82, 2.24) is 4.90 Å². The normalized spacial score (nSPS) is 12.5. The summed E-state index contributed by atoms with van der Waals surface area (Å²) in [7, 11) is 1.69. The fourth-order valence-corrected chi connectivity index (χ4v) is 1.97. The average molecular weight is 264 g/mol. The summed E-state index contributed by atoms with van der Waals surface area (Å²) in [5.74, 6) is 0.395. The second-order valence-electron chi connectivity index (χ2n) is 5.40. The fourth-order valence-electron chi connectivity index (χ4n) is 1.97. The number of likely N-dealkylation sites (N-methyl/N-ethyl adjacent to an activating group) is 1. The molecule has 0 saturated heterocycles. The van der Waals surface area contributed by atoms with Gasteiger partial charge in [0.25, 0.3) is 0 Å². The third-order valence-corrected chi connectivity index (χ3v) is 2.98. The van der Waals surface area contributed by atoms with E-state index in [0.717, 1.165) is 12.0 Å². The van der Waals surface area contributed by atoms with Crippen molar-refractivity contribution in [2.24, 2.45) is 11.7 Å². The number of carbonyl (C=O) groups excluding carboxylic acids is 1. The van der Waals surface area contributed by atoms with E-state index in [1.54, 1.807) is 11.9 Å². The molecular formula is C15H24N2O2. The fraction of sp³-hybridized carbons (Fsp3) is 0.533. The molecule has 4 heteroatoms. The van der Waals surface area contributed by atoms with Crippen molar-refractivity contribution in [3.63, 3.8) is 0 Å². The summed E-state index contributed by atoms with van der Waals surface area (Å²) in [5.41, 5.74) is 7.88. The molecule has 0 bridgehead atoms. The van der Waals surface area contributed by atoms with Gasteiger partial charge in [-0.2, -0.15) is 0 Å². The van der Waals surface area contributed by atoms with E-state index < -0.39 is 6.04 Å². The van der Waals surface area contributed by atoms with Gasteiger partial charge in [-0.05, 0) is 23.5 Å². The first-order chi connectivity index (χ1) is 8.93. The smallest absolute Gasteiger partial charge is 0.241 e. The summed E-state index contributed by atoms with van der Waals surface area (Å²) in [4.78, 5) is 13.3. The predicted octanol–water partition coefficient (Wildman–Crippen LogP) is 1.16. The van der Waals surface area contributed by atoms with Gasteiger partial charge >= 0.3 is 0 Å². The van der Waals surface area contributed by atoms with E-state index in [2.05, 4.69) is 26.0 Å². The Labute approximate surface area is 115 Å². The lowest BCUT2D eigenvalue weighted by atomic mass is 10.0. The van der Waals surface area contributed by atoms with Crippen LogP contribution in [0.3, 0.4) is 0 Å². The Morgan fingerprint density at radius 2 is 1.79 bits per heavy atom. The van der Waals surface area contributed by atoms with Crippen molar-refractivity contribution in [3.05, 3.63) is 35.4 Å². The molecule has 0 spiro atoms. The first-order valence-electron chi connectivity index (χ1n) is 6.63. The molecule has 0 aliphatic carbocycles.